The van der Waals surface area contributed by atoms with Crippen LogP contribution in [-0.4, -0.2) is 30.8 Å². The van der Waals surface area contributed by atoms with Crippen LogP contribution in [0.15, 0.2) is 47.6 Å². The lowest BCUT2D eigenvalue weighted by molar-refractivity contribution is -0.307. The van der Waals surface area contributed by atoms with Crippen LogP contribution in [0.3, 0.4) is 0 Å². The van der Waals surface area contributed by atoms with Crippen molar-refractivity contribution in [1.29, 1.82) is 0 Å². The summed E-state index contributed by atoms with van der Waals surface area (Å²) in [5, 5.41) is 15.0. The molecule has 2 rings (SSSR count). The monoisotopic (exact) mass is 389 g/mol. The molecule has 0 saturated carbocycles. The summed E-state index contributed by atoms with van der Waals surface area (Å²) < 4.78 is 10.5. The summed E-state index contributed by atoms with van der Waals surface area (Å²) in [6, 6.07) is 11.8. The lowest BCUT2D eigenvalue weighted by atomic mass is 10.1. The molecule has 0 heterocycles. The zero-order valence-corrected chi connectivity index (χ0v) is 15.6. The largest absolute Gasteiger partial charge is 0.546 e. The molecule has 2 aromatic carbocycles. The van der Waals surface area contributed by atoms with Crippen LogP contribution in [0.25, 0.3) is 0 Å². The Morgan fingerprint density at radius 3 is 2.63 bits per heavy atom. The summed E-state index contributed by atoms with van der Waals surface area (Å²) >= 11 is 5.88. The van der Waals surface area contributed by atoms with Gasteiger partial charge in [0.15, 0.2) is 6.61 Å². The molecule has 0 saturated heterocycles. The molecule has 0 radical (unpaired) electrons. The molecular weight excluding hydrogens is 372 g/mol. The van der Waals surface area contributed by atoms with Gasteiger partial charge < -0.3 is 19.4 Å². The zero-order valence-electron chi connectivity index (χ0n) is 14.8. The van der Waals surface area contributed by atoms with E-state index in [0.717, 1.165) is 5.56 Å². The normalized spacial score (nSPS) is 11.0. The molecule has 0 fully saturated rings. The van der Waals surface area contributed by atoms with E-state index in [2.05, 4.69) is 10.5 Å². The molecule has 0 aliphatic carbocycles. The third-order valence-electron chi connectivity index (χ3n) is 3.45. The van der Waals surface area contributed by atoms with Crippen molar-refractivity contribution >= 4 is 29.2 Å². The van der Waals surface area contributed by atoms with Crippen LogP contribution in [0.1, 0.15) is 18.1 Å². The second kappa shape index (κ2) is 9.59. The maximum Gasteiger partial charge on any atom is 0.277 e. The van der Waals surface area contributed by atoms with Crippen molar-refractivity contribution in [1.82, 2.24) is 5.43 Å². The van der Waals surface area contributed by atoms with Crippen molar-refractivity contribution in [2.24, 2.45) is 5.10 Å². The number of rotatable bonds is 8. The van der Waals surface area contributed by atoms with Gasteiger partial charge in [-0.1, -0.05) is 23.7 Å². The van der Waals surface area contributed by atoms with E-state index in [1.165, 1.54) is 0 Å². The molecule has 0 atom stereocenters. The van der Waals surface area contributed by atoms with Gasteiger partial charge in [0.2, 0.25) is 0 Å². The molecule has 0 aliphatic heterocycles. The maximum absolute atomic E-state index is 11.9. The number of hydrogen-bond acceptors (Lipinski definition) is 6. The topological polar surface area (TPSA) is 100 Å². The van der Waals surface area contributed by atoms with Crippen LogP contribution in [0.5, 0.6) is 11.5 Å². The summed E-state index contributed by atoms with van der Waals surface area (Å²) in [6.07, 6.45) is 0. The highest BCUT2D eigenvalue weighted by Crippen LogP contribution is 2.21. The van der Waals surface area contributed by atoms with Crippen molar-refractivity contribution in [3.63, 3.8) is 0 Å². The van der Waals surface area contributed by atoms with Gasteiger partial charge in [0.1, 0.15) is 18.1 Å². The summed E-state index contributed by atoms with van der Waals surface area (Å²) in [6.45, 7) is 2.78. The highest BCUT2D eigenvalue weighted by molar-refractivity contribution is 6.30. The molecule has 0 bridgehead atoms. The number of aliphatic carboxylic acids is 1. The average molecular weight is 390 g/mol. The Hall–Kier alpha value is -3.06. The van der Waals surface area contributed by atoms with Crippen molar-refractivity contribution < 1.29 is 24.2 Å². The van der Waals surface area contributed by atoms with Gasteiger partial charge >= 0.3 is 0 Å². The van der Waals surface area contributed by atoms with E-state index in [4.69, 9.17) is 21.1 Å². The molecule has 27 heavy (non-hydrogen) atoms. The van der Waals surface area contributed by atoms with Crippen molar-refractivity contribution in [3.8, 4) is 11.5 Å². The lowest BCUT2D eigenvalue weighted by Crippen LogP contribution is -2.29. The number of aryl methyl sites for hydroxylation is 1. The quantitative estimate of drug-likeness (QED) is 0.547. The number of amides is 1. The first-order valence-corrected chi connectivity index (χ1v) is 8.38. The first-order valence-electron chi connectivity index (χ1n) is 8.00. The number of hydrogen-bond donors (Lipinski definition) is 1. The Labute approximate surface area is 161 Å². The van der Waals surface area contributed by atoms with Gasteiger partial charge in [0.05, 0.1) is 11.7 Å². The first-order chi connectivity index (χ1) is 12.8. The van der Waals surface area contributed by atoms with Crippen molar-refractivity contribution in [2.75, 3.05) is 13.2 Å². The SMILES string of the molecule is C/C(=N/NC(=O)COc1ccc(Cl)cc1C)c1cccc(OCC(=O)[O-])c1. The van der Waals surface area contributed by atoms with Gasteiger partial charge in [-0.2, -0.15) is 5.10 Å². The van der Waals surface area contributed by atoms with Crippen LogP contribution in [0, 0.1) is 6.92 Å². The standard InChI is InChI=1S/C19H19ClN2O5/c1-12-8-15(20)6-7-17(12)27-10-18(23)22-21-13(2)14-4-3-5-16(9-14)26-11-19(24)25/h3-9H,10-11H2,1-2H3,(H,22,23)(H,24,25)/p-1/b21-13-. The fourth-order valence-corrected chi connectivity index (χ4v) is 2.34. The smallest absolute Gasteiger partial charge is 0.277 e. The van der Waals surface area contributed by atoms with Gasteiger partial charge in [-0.05, 0) is 49.7 Å². The fourth-order valence-electron chi connectivity index (χ4n) is 2.11. The highest BCUT2D eigenvalue weighted by atomic mass is 35.5. The molecule has 2 aromatic rings. The number of carboxylic acids is 1. The molecule has 1 N–H and O–H groups in total. The Balaban J connectivity index is 1.91. The molecule has 0 aromatic heterocycles. The Kier molecular flexibility index (Phi) is 7.19. The second-order valence-corrected chi connectivity index (χ2v) is 6.06. The van der Waals surface area contributed by atoms with E-state index in [9.17, 15) is 14.7 Å². The van der Waals surface area contributed by atoms with Gasteiger partial charge in [0.25, 0.3) is 5.91 Å². The van der Waals surface area contributed by atoms with Gasteiger partial charge in [-0.3, -0.25) is 4.79 Å². The van der Waals surface area contributed by atoms with Crippen LogP contribution >= 0.6 is 11.6 Å². The summed E-state index contributed by atoms with van der Waals surface area (Å²) in [4.78, 5) is 22.4. The van der Waals surface area contributed by atoms with Crippen molar-refractivity contribution in [3.05, 3.63) is 58.6 Å². The number of hydrazone groups is 1. The molecule has 1 amide bonds. The van der Waals surface area contributed by atoms with Crippen molar-refractivity contribution in [2.45, 2.75) is 13.8 Å². The van der Waals surface area contributed by atoms with E-state index < -0.39 is 18.5 Å². The minimum absolute atomic E-state index is 0.200. The Morgan fingerprint density at radius 2 is 1.93 bits per heavy atom. The number of carbonyl (C=O) groups excluding carboxylic acids is 2. The number of benzene rings is 2. The van der Waals surface area contributed by atoms with E-state index in [-0.39, 0.29) is 6.61 Å². The number of carboxylic acid groups (broad SMARTS) is 1. The predicted molar refractivity (Wildman–Crippen MR) is 99.0 cm³/mol. The first kappa shape index (κ1) is 20.3. The average Bonchev–Trinajstić information content (AvgIpc) is 2.64. The van der Waals surface area contributed by atoms with E-state index >= 15 is 0 Å². The third-order valence-corrected chi connectivity index (χ3v) is 3.69. The fraction of sp³-hybridized carbons (Fsp3) is 0.211. The summed E-state index contributed by atoms with van der Waals surface area (Å²) in [5.41, 5.74) is 4.41. The maximum atomic E-state index is 11.9. The van der Waals surface area contributed by atoms with E-state index in [1.54, 1.807) is 49.4 Å². The number of ether oxygens (including phenoxy) is 2. The Morgan fingerprint density at radius 1 is 1.15 bits per heavy atom. The van der Waals surface area contributed by atoms with E-state index in [0.29, 0.717) is 27.8 Å². The number of nitrogens with zero attached hydrogens (tertiary/aromatic N) is 1. The van der Waals surface area contributed by atoms with Crippen LogP contribution < -0.4 is 20.0 Å². The van der Waals surface area contributed by atoms with Crippen LogP contribution in [0.4, 0.5) is 0 Å². The molecule has 0 unspecified atom stereocenters. The number of carbonyl (C=O) groups is 2. The third kappa shape index (κ3) is 6.63. The molecule has 0 spiro atoms. The van der Waals surface area contributed by atoms with E-state index in [1.807, 2.05) is 6.92 Å². The number of nitrogens with one attached hydrogen (secondary N) is 1. The zero-order chi connectivity index (χ0) is 19.8. The molecule has 7 nitrogen and oxygen atoms in total. The Bertz CT molecular complexity index is 867. The minimum atomic E-state index is -1.31. The molecule has 0 aliphatic rings. The van der Waals surface area contributed by atoms with Crippen LogP contribution in [0.2, 0.25) is 5.02 Å². The number of halogens is 1. The highest BCUT2D eigenvalue weighted by Gasteiger charge is 2.06. The summed E-state index contributed by atoms with van der Waals surface area (Å²) in [5.74, 6) is -0.811. The van der Waals surface area contributed by atoms with Gasteiger partial charge in [0, 0.05) is 10.6 Å². The second-order valence-electron chi connectivity index (χ2n) is 5.62. The predicted octanol–water partition coefficient (Wildman–Crippen LogP) is 1.70. The molecule has 142 valence electrons. The summed E-state index contributed by atoms with van der Waals surface area (Å²) in [7, 11) is 0. The molecule has 8 heteroatoms. The lowest BCUT2D eigenvalue weighted by Gasteiger charge is -2.09. The van der Waals surface area contributed by atoms with Gasteiger partial charge in [-0.25, -0.2) is 5.43 Å². The molecular formula is C19H18ClN2O5-. The van der Waals surface area contributed by atoms with Gasteiger partial charge in [-0.15, -0.1) is 0 Å². The van der Waals surface area contributed by atoms with Crippen LogP contribution in [-0.2, 0) is 9.59 Å². The minimum Gasteiger partial charge on any atom is -0.546 e.